The van der Waals surface area contributed by atoms with E-state index in [0.29, 0.717) is 19.8 Å². The Kier molecular flexibility index (Phi) is 5.21. The van der Waals surface area contributed by atoms with E-state index in [1.165, 1.54) is 0 Å². The van der Waals surface area contributed by atoms with Crippen LogP contribution in [0.1, 0.15) is 12.7 Å². The fourth-order valence-corrected chi connectivity index (χ4v) is 1.94. The van der Waals surface area contributed by atoms with E-state index in [-0.39, 0.29) is 0 Å². The average molecular weight is 275 g/mol. The van der Waals surface area contributed by atoms with Gasteiger partial charge in [-0.3, -0.25) is 0 Å². The second-order valence-corrected chi connectivity index (χ2v) is 4.78. The maximum absolute atomic E-state index is 5.79. The molecule has 1 heterocycles. The summed E-state index contributed by atoms with van der Waals surface area (Å²) in [6, 6.07) is 7.90. The van der Waals surface area contributed by atoms with Gasteiger partial charge in [-0.05, 0) is 19.1 Å². The fraction of sp³-hybridized carbons (Fsp3) is 0.375. The highest BCUT2D eigenvalue weighted by atomic mass is 16.5. The molecule has 4 nitrogen and oxygen atoms in total. The number of benzene rings is 1. The highest BCUT2D eigenvalue weighted by molar-refractivity contribution is 5.83. The molecule has 0 aliphatic carbocycles. The molecule has 0 atom stereocenters. The number of fused-ring (bicyclic) bond motifs is 1. The number of ether oxygens (including phenoxy) is 2. The summed E-state index contributed by atoms with van der Waals surface area (Å²) in [7, 11) is 1.65. The first kappa shape index (κ1) is 14.6. The molecule has 0 aliphatic rings. The van der Waals surface area contributed by atoms with Gasteiger partial charge in [-0.2, -0.15) is 0 Å². The third kappa shape index (κ3) is 3.85. The van der Waals surface area contributed by atoms with Crippen molar-refractivity contribution in [1.29, 1.82) is 0 Å². The standard InChI is InChI=1S/C16H21NO3/c1-12(2)11-19-8-7-17-10-14-9-13-5-4-6-15(18-3)16(13)20-14/h4-6,9,17H,1,7-8,10-11H2,2-3H3. The molecule has 0 saturated heterocycles. The van der Waals surface area contributed by atoms with E-state index in [9.17, 15) is 0 Å². The van der Waals surface area contributed by atoms with Crippen LogP contribution in [0.4, 0.5) is 0 Å². The molecule has 20 heavy (non-hydrogen) atoms. The summed E-state index contributed by atoms with van der Waals surface area (Å²) in [5.74, 6) is 1.66. The second kappa shape index (κ2) is 7.12. The van der Waals surface area contributed by atoms with Gasteiger partial charge in [0.25, 0.3) is 0 Å². The van der Waals surface area contributed by atoms with Crippen LogP contribution in [0.25, 0.3) is 11.0 Å². The molecule has 0 unspecified atom stereocenters. The van der Waals surface area contributed by atoms with Crippen molar-refractivity contribution in [3.05, 3.63) is 42.2 Å². The molecular formula is C16H21NO3. The molecule has 0 saturated carbocycles. The summed E-state index contributed by atoms with van der Waals surface area (Å²) < 4.78 is 16.5. The predicted octanol–water partition coefficient (Wildman–Crippen LogP) is 3.12. The first-order valence-electron chi connectivity index (χ1n) is 6.69. The van der Waals surface area contributed by atoms with E-state index in [1.807, 2.05) is 31.2 Å². The van der Waals surface area contributed by atoms with E-state index in [0.717, 1.165) is 34.6 Å². The highest BCUT2D eigenvalue weighted by Gasteiger charge is 2.07. The Bertz CT molecular complexity index is 574. The van der Waals surface area contributed by atoms with Gasteiger partial charge in [-0.15, -0.1) is 0 Å². The minimum Gasteiger partial charge on any atom is -0.493 e. The van der Waals surface area contributed by atoms with Crippen molar-refractivity contribution in [2.45, 2.75) is 13.5 Å². The summed E-state index contributed by atoms with van der Waals surface area (Å²) >= 11 is 0. The molecule has 108 valence electrons. The lowest BCUT2D eigenvalue weighted by molar-refractivity contribution is 0.157. The molecule has 2 aromatic rings. The van der Waals surface area contributed by atoms with Crippen molar-refractivity contribution >= 4 is 11.0 Å². The smallest absolute Gasteiger partial charge is 0.176 e. The van der Waals surface area contributed by atoms with Crippen LogP contribution in [0.3, 0.4) is 0 Å². The van der Waals surface area contributed by atoms with Crippen molar-refractivity contribution in [2.24, 2.45) is 0 Å². The van der Waals surface area contributed by atoms with Gasteiger partial charge < -0.3 is 19.2 Å². The van der Waals surface area contributed by atoms with Gasteiger partial charge in [-0.1, -0.05) is 24.3 Å². The monoisotopic (exact) mass is 275 g/mol. The minimum atomic E-state index is 0.615. The number of hydrogen-bond acceptors (Lipinski definition) is 4. The van der Waals surface area contributed by atoms with E-state index in [2.05, 4.69) is 11.9 Å². The maximum Gasteiger partial charge on any atom is 0.176 e. The molecule has 0 amide bonds. The number of rotatable bonds is 8. The van der Waals surface area contributed by atoms with Crippen molar-refractivity contribution < 1.29 is 13.9 Å². The van der Waals surface area contributed by atoms with Crippen molar-refractivity contribution in [3.8, 4) is 5.75 Å². The van der Waals surface area contributed by atoms with Gasteiger partial charge >= 0.3 is 0 Å². The van der Waals surface area contributed by atoms with Crippen molar-refractivity contribution in [3.63, 3.8) is 0 Å². The number of furan rings is 1. The Morgan fingerprint density at radius 3 is 3.00 bits per heavy atom. The Balaban J connectivity index is 1.83. The van der Waals surface area contributed by atoms with Crippen LogP contribution in [0, 0.1) is 0 Å². The Morgan fingerprint density at radius 1 is 1.40 bits per heavy atom. The molecule has 0 spiro atoms. The summed E-state index contributed by atoms with van der Waals surface area (Å²) in [4.78, 5) is 0. The van der Waals surface area contributed by atoms with Crippen LogP contribution < -0.4 is 10.1 Å². The summed E-state index contributed by atoms with van der Waals surface area (Å²) in [5.41, 5.74) is 1.83. The Hall–Kier alpha value is -1.78. The minimum absolute atomic E-state index is 0.615. The average Bonchev–Trinajstić information content (AvgIpc) is 2.84. The Morgan fingerprint density at radius 2 is 2.25 bits per heavy atom. The quantitative estimate of drug-likeness (QED) is 0.594. The first-order valence-corrected chi connectivity index (χ1v) is 6.69. The molecule has 0 bridgehead atoms. The second-order valence-electron chi connectivity index (χ2n) is 4.78. The highest BCUT2D eigenvalue weighted by Crippen LogP contribution is 2.28. The Labute approximate surface area is 119 Å². The van der Waals surface area contributed by atoms with Crippen LogP contribution in [0.5, 0.6) is 5.75 Å². The van der Waals surface area contributed by atoms with E-state index >= 15 is 0 Å². The van der Waals surface area contributed by atoms with Crippen LogP contribution in [-0.4, -0.2) is 26.9 Å². The van der Waals surface area contributed by atoms with E-state index < -0.39 is 0 Å². The van der Waals surface area contributed by atoms with E-state index in [4.69, 9.17) is 13.9 Å². The number of nitrogens with one attached hydrogen (secondary N) is 1. The zero-order chi connectivity index (χ0) is 14.4. The molecule has 2 rings (SSSR count). The van der Waals surface area contributed by atoms with Crippen LogP contribution in [-0.2, 0) is 11.3 Å². The maximum atomic E-state index is 5.79. The van der Waals surface area contributed by atoms with Gasteiger partial charge in [0, 0.05) is 11.9 Å². The SMILES string of the molecule is C=C(C)COCCNCc1cc2cccc(OC)c2o1. The van der Waals surface area contributed by atoms with Gasteiger partial charge in [0.2, 0.25) is 0 Å². The van der Waals surface area contributed by atoms with Crippen molar-refractivity contribution in [1.82, 2.24) is 5.32 Å². The van der Waals surface area contributed by atoms with Crippen LogP contribution >= 0.6 is 0 Å². The summed E-state index contributed by atoms with van der Waals surface area (Å²) in [6.07, 6.45) is 0. The summed E-state index contributed by atoms with van der Waals surface area (Å²) in [6.45, 7) is 8.47. The fourth-order valence-electron chi connectivity index (χ4n) is 1.94. The lowest BCUT2D eigenvalue weighted by Crippen LogP contribution is -2.19. The topological polar surface area (TPSA) is 43.6 Å². The molecule has 4 heteroatoms. The number of hydrogen-bond donors (Lipinski definition) is 1. The molecule has 1 N–H and O–H groups in total. The lowest BCUT2D eigenvalue weighted by atomic mass is 10.2. The van der Waals surface area contributed by atoms with E-state index in [1.54, 1.807) is 7.11 Å². The van der Waals surface area contributed by atoms with Gasteiger partial charge in [-0.25, -0.2) is 0 Å². The van der Waals surface area contributed by atoms with Gasteiger partial charge in [0.05, 0.1) is 26.9 Å². The number of para-hydroxylation sites is 1. The largest absolute Gasteiger partial charge is 0.493 e. The van der Waals surface area contributed by atoms with Crippen LogP contribution in [0.2, 0.25) is 0 Å². The molecule has 0 aliphatic heterocycles. The molecular weight excluding hydrogens is 254 g/mol. The zero-order valence-electron chi connectivity index (χ0n) is 12.1. The summed E-state index contributed by atoms with van der Waals surface area (Å²) in [5, 5.41) is 4.34. The predicted molar refractivity (Wildman–Crippen MR) is 80.1 cm³/mol. The third-order valence-corrected chi connectivity index (χ3v) is 2.85. The lowest BCUT2D eigenvalue weighted by Gasteiger charge is -2.04. The normalized spacial score (nSPS) is 10.9. The molecule has 0 fully saturated rings. The van der Waals surface area contributed by atoms with Gasteiger partial charge in [0.15, 0.2) is 11.3 Å². The molecule has 1 aromatic heterocycles. The zero-order valence-corrected chi connectivity index (χ0v) is 12.1. The molecule has 1 aromatic carbocycles. The molecule has 0 radical (unpaired) electrons. The first-order chi connectivity index (χ1) is 9.70. The third-order valence-electron chi connectivity index (χ3n) is 2.85. The van der Waals surface area contributed by atoms with Gasteiger partial charge in [0.1, 0.15) is 5.76 Å². The number of methoxy groups -OCH3 is 1. The van der Waals surface area contributed by atoms with Crippen LogP contribution in [0.15, 0.2) is 40.8 Å². The van der Waals surface area contributed by atoms with Crippen molar-refractivity contribution in [2.75, 3.05) is 26.9 Å².